The molecule has 0 aliphatic carbocycles. The van der Waals surface area contributed by atoms with Crippen molar-refractivity contribution in [1.29, 1.82) is 0 Å². The van der Waals surface area contributed by atoms with Crippen molar-refractivity contribution < 1.29 is 24.9 Å². The quantitative estimate of drug-likeness (QED) is 0.0827. The molecule has 8 aromatic rings. The smallest absolute Gasteiger partial charge is 0.344 e. The molecule has 5 heterocycles. The first kappa shape index (κ1) is 37.3. The number of fused-ring (bicyclic) bond motifs is 8. The highest BCUT2D eigenvalue weighted by Gasteiger charge is 2.20. The summed E-state index contributed by atoms with van der Waals surface area (Å²) in [7, 11) is 0. The van der Waals surface area contributed by atoms with Crippen molar-refractivity contribution in [2.75, 3.05) is 0 Å². The van der Waals surface area contributed by atoms with Gasteiger partial charge in [0.05, 0.1) is 28.3 Å². The molecule has 0 fully saturated rings. The minimum atomic E-state index is -0.504. The van der Waals surface area contributed by atoms with Gasteiger partial charge < -0.3 is 30.0 Å². The average molecular weight is 862 g/mol. The van der Waals surface area contributed by atoms with Gasteiger partial charge in [-0.3, -0.25) is 0 Å². The fourth-order valence-electron chi connectivity index (χ4n) is 7.91. The van der Waals surface area contributed by atoms with Gasteiger partial charge in [0, 0.05) is 48.8 Å². The van der Waals surface area contributed by atoms with E-state index in [1.807, 2.05) is 91.0 Å². The van der Waals surface area contributed by atoms with Crippen LogP contribution in [0.5, 0.6) is 23.0 Å². The predicted octanol–water partition coefficient (Wildman–Crippen LogP) is 12.4. The van der Waals surface area contributed by atoms with Crippen LogP contribution in [0.3, 0.4) is 0 Å². The van der Waals surface area contributed by atoms with Crippen LogP contribution in [0.4, 0.5) is 0 Å². The number of aromatic hydroxyl groups is 3. The lowest BCUT2D eigenvalue weighted by Gasteiger charge is -2.09. The summed E-state index contributed by atoms with van der Waals surface area (Å²) in [6.45, 7) is 0. The molecule has 0 saturated carbocycles. The Balaban J connectivity index is 1.31. The van der Waals surface area contributed by atoms with Gasteiger partial charge in [-0.1, -0.05) is 60.7 Å². The van der Waals surface area contributed by atoms with Crippen LogP contribution in [0.15, 0.2) is 150 Å². The maximum Gasteiger partial charge on any atom is 0.344 e. The topological polar surface area (TPSA) is 144 Å². The number of carbonyl (C=O) groups excluding carboxylic acids is 1. The second-order valence-corrected chi connectivity index (χ2v) is 15.4. The van der Waals surface area contributed by atoms with Gasteiger partial charge in [0.1, 0.15) is 23.0 Å². The van der Waals surface area contributed by atoms with Crippen LogP contribution in [0.1, 0.15) is 33.1 Å². The van der Waals surface area contributed by atoms with E-state index in [-0.39, 0.29) is 17.2 Å². The monoisotopic (exact) mass is 860 g/mol. The molecule has 294 valence electrons. The van der Waals surface area contributed by atoms with Gasteiger partial charge in [0.2, 0.25) is 0 Å². The van der Waals surface area contributed by atoms with Crippen LogP contribution in [-0.2, 0) is 0 Å². The number of ether oxygens (including phenoxy) is 1. The van der Waals surface area contributed by atoms with Crippen molar-refractivity contribution >= 4 is 68.3 Å². The molecule has 9 nitrogen and oxygen atoms in total. The molecule has 0 atom stereocenters. The molecule has 2 aliphatic heterocycles. The summed E-state index contributed by atoms with van der Waals surface area (Å²) in [5.41, 5.74) is 11.8. The second-order valence-electron chi connectivity index (χ2n) is 14.6. The molecule has 10 rings (SSSR count). The Morgan fingerprint density at radius 1 is 0.459 bits per heavy atom. The second kappa shape index (κ2) is 15.3. The van der Waals surface area contributed by atoms with Crippen LogP contribution in [-0.4, -0.2) is 41.2 Å². The highest BCUT2D eigenvalue weighted by Crippen LogP contribution is 2.40. The van der Waals surface area contributed by atoms with E-state index in [0.29, 0.717) is 38.6 Å². The molecule has 0 spiro atoms. The number of aromatic amines is 2. The SMILES string of the molecule is O=C(Oc1cccc(-c2c3nc(c(-c4cccc(O)c4)c4ccc([nH]4)c(-c4cccc(O)c4)c4nc(c(-c5cccc(O)c5)c5ccc2[nH]5)C=C4)C=C3)c1)c1ccccc1Br. The van der Waals surface area contributed by atoms with Gasteiger partial charge >= 0.3 is 5.97 Å². The van der Waals surface area contributed by atoms with Crippen LogP contribution >= 0.6 is 15.9 Å². The number of carbonyl (C=O) groups is 1. The summed E-state index contributed by atoms with van der Waals surface area (Å²) in [5, 5.41) is 32.1. The molecular formula is C51H33BrN4O5. The number of H-pyrrole nitrogens is 2. The number of rotatable bonds is 6. The molecule has 3 aromatic heterocycles. The number of benzene rings is 5. The lowest BCUT2D eigenvalue weighted by molar-refractivity contribution is 0.0734. The van der Waals surface area contributed by atoms with Gasteiger partial charge in [-0.05, 0) is 147 Å². The maximum absolute atomic E-state index is 13.4. The number of esters is 1. The molecule has 5 N–H and O–H groups in total. The van der Waals surface area contributed by atoms with Crippen molar-refractivity contribution in [3.63, 3.8) is 0 Å². The van der Waals surface area contributed by atoms with E-state index >= 15 is 0 Å². The lowest BCUT2D eigenvalue weighted by Crippen LogP contribution is -2.09. The third-order valence-corrected chi connectivity index (χ3v) is 11.3. The molecule has 0 unspecified atom stereocenters. The van der Waals surface area contributed by atoms with E-state index in [1.54, 1.807) is 78.9 Å². The van der Waals surface area contributed by atoms with E-state index in [1.165, 1.54) is 0 Å². The molecule has 0 saturated heterocycles. The summed E-state index contributed by atoms with van der Waals surface area (Å²) in [6, 6.07) is 43.5. The highest BCUT2D eigenvalue weighted by atomic mass is 79.9. The third kappa shape index (κ3) is 7.15. The number of halogens is 1. The van der Waals surface area contributed by atoms with Crippen LogP contribution in [0, 0.1) is 0 Å². The number of nitrogens with one attached hydrogen (secondary N) is 2. The standard InChI is InChI=1S/C51H33BrN4O5/c52-38-16-2-1-15-37(38)51(60)61-36-14-6-10-32(28-36)50-45-23-21-43(55-45)48(30-8-4-12-34(58)26-30)41-19-17-39(53-41)47(29-7-3-11-33(57)25-29)40-18-20-42(54-40)49(44-22-24-46(50)56-44)31-9-5-13-35(59)27-31/h1-28,53,56-59H. The van der Waals surface area contributed by atoms with E-state index in [2.05, 4.69) is 25.9 Å². The fraction of sp³-hybridized carbons (Fsp3) is 0. The molecule has 2 aliphatic rings. The van der Waals surface area contributed by atoms with Gasteiger partial charge in [-0.2, -0.15) is 0 Å². The molecule has 0 radical (unpaired) electrons. The van der Waals surface area contributed by atoms with Gasteiger partial charge in [-0.25, -0.2) is 14.8 Å². The van der Waals surface area contributed by atoms with E-state index < -0.39 is 5.97 Å². The number of phenols is 3. The van der Waals surface area contributed by atoms with Gasteiger partial charge in [-0.15, -0.1) is 0 Å². The number of hydrogen-bond donors (Lipinski definition) is 5. The normalized spacial score (nSPS) is 11.8. The Hall–Kier alpha value is -7.95. The fourth-order valence-corrected chi connectivity index (χ4v) is 8.36. The summed E-state index contributed by atoms with van der Waals surface area (Å²) >= 11 is 3.46. The molecule has 8 bridgehead atoms. The van der Waals surface area contributed by atoms with Crippen LogP contribution in [0.25, 0.3) is 90.9 Å². The molecule has 10 heteroatoms. The molecule has 0 amide bonds. The Kier molecular flexibility index (Phi) is 9.38. The Morgan fingerprint density at radius 2 is 0.836 bits per heavy atom. The zero-order valence-corrected chi connectivity index (χ0v) is 33.7. The third-order valence-electron chi connectivity index (χ3n) is 10.6. The summed E-state index contributed by atoms with van der Waals surface area (Å²) in [4.78, 5) is 31.2. The van der Waals surface area contributed by atoms with Gasteiger partial charge in [0.25, 0.3) is 0 Å². The number of nitrogens with zero attached hydrogens (tertiary/aromatic N) is 2. The van der Waals surface area contributed by atoms with Crippen LogP contribution in [0.2, 0.25) is 0 Å². The van der Waals surface area contributed by atoms with Crippen molar-refractivity contribution in [3.05, 3.63) is 178 Å². The summed E-state index contributed by atoms with van der Waals surface area (Å²) in [6.07, 6.45) is 7.79. The first-order valence-corrected chi connectivity index (χ1v) is 20.2. The zero-order valence-electron chi connectivity index (χ0n) is 32.1. The van der Waals surface area contributed by atoms with Crippen LogP contribution < -0.4 is 4.74 Å². The first-order valence-electron chi connectivity index (χ1n) is 19.4. The van der Waals surface area contributed by atoms with Crippen molar-refractivity contribution in [2.24, 2.45) is 0 Å². The number of aromatic nitrogens is 4. The Labute approximate surface area is 357 Å². The minimum absolute atomic E-state index is 0.107. The van der Waals surface area contributed by atoms with Gasteiger partial charge in [0.15, 0.2) is 0 Å². The predicted molar refractivity (Wildman–Crippen MR) is 245 cm³/mol. The first-order chi connectivity index (χ1) is 29.8. The van der Waals surface area contributed by atoms with E-state index in [0.717, 1.165) is 66.6 Å². The van der Waals surface area contributed by atoms with Crippen molar-refractivity contribution in [1.82, 2.24) is 19.9 Å². The number of phenolic OH excluding ortho intramolecular Hbond substituents is 3. The van der Waals surface area contributed by atoms with E-state index in [4.69, 9.17) is 14.7 Å². The number of hydrogen-bond acceptors (Lipinski definition) is 7. The Morgan fingerprint density at radius 3 is 1.23 bits per heavy atom. The lowest BCUT2D eigenvalue weighted by atomic mass is 10.0. The minimum Gasteiger partial charge on any atom is -0.508 e. The molecular weight excluding hydrogens is 828 g/mol. The zero-order chi connectivity index (χ0) is 41.6. The molecule has 61 heavy (non-hydrogen) atoms. The van der Waals surface area contributed by atoms with E-state index in [9.17, 15) is 20.1 Å². The highest BCUT2D eigenvalue weighted by molar-refractivity contribution is 9.10. The maximum atomic E-state index is 13.4. The van der Waals surface area contributed by atoms with Crippen molar-refractivity contribution in [2.45, 2.75) is 0 Å². The average Bonchev–Trinajstić information content (AvgIpc) is 4.10. The summed E-state index contributed by atoms with van der Waals surface area (Å²) < 4.78 is 6.56. The van der Waals surface area contributed by atoms with Crippen molar-refractivity contribution in [3.8, 4) is 67.5 Å². The summed E-state index contributed by atoms with van der Waals surface area (Å²) in [5.74, 6) is 0.171. The largest absolute Gasteiger partial charge is 0.508 e. The molecule has 5 aromatic carbocycles. The Bertz CT molecular complexity index is 3280.